The summed E-state index contributed by atoms with van der Waals surface area (Å²) in [6.07, 6.45) is -3.21. The number of pyridine rings is 1. The lowest BCUT2D eigenvalue weighted by molar-refractivity contribution is -0.137. The summed E-state index contributed by atoms with van der Waals surface area (Å²) in [5.41, 5.74) is -1.16. The van der Waals surface area contributed by atoms with Gasteiger partial charge in [-0.2, -0.15) is 13.2 Å². The summed E-state index contributed by atoms with van der Waals surface area (Å²) in [7, 11) is 1.31. The number of benzene rings is 1. The largest absolute Gasteiger partial charge is 0.491 e. The van der Waals surface area contributed by atoms with Crippen LogP contribution in [-0.2, 0) is 6.18 Å². The van der Waals surface area contributed by atoms with Gasteiger partial charge in [-0.05, 0) is 24.3 Å². The van der Waals surface area contributed by atoms with Crippen LogP contribution in [-0.4, -0.2) is 18.0 Å². The Morgan fingerprint density at radius 3 is 2.36 bits per heavy atom. The zero-order valence-corrected chi connectivity index (χ0v) is 11.3. The van der Waals surface area contributed by atoms with Crippen molar-refractivity contribution < 1.29 is 22.7 Å². The monoisotopic (exact) mass is 312 g/mol. The van der Waals surface area contributed by atoms with Crippen LogP contribution in [0.25, 0.3) is 0 Å². The smallest absolute Gasteiger partial charge is 0.416 e. The summed E-state index contributed by atoms with van der Waals surface area (Å²) in [4.78, 5) is 26.0. The fourth-order valence-electron chi connectivity index (χ4n) is 1.69. The first-order valence-corrected chi connectivity index (χ1v) is 6.06. The Morgan fingerprint density at radius 1 is 1.23 bits per heavy atom. The molecule has 116 valence electrons. The molecule has 0 fully saturated rings. The van der Waals surface area contributed by atoms with Gasteiger partial charge in [-0.25, -0.2) is 0 Å². The summed E-state index contributed by atoms with van der Waals surface area (Å²) in [5.74, 6) is -0.606. The molecule has 0 saturated heterocycles. The molecule has 1 aromatic heterocycles. The minimum atomic E-state index is -4.44. The number of halogens is 3. The molecule has 2 rings (SSSR count). The van der Waals surface area contributed by atoms with Crippen LogP contribution in [0.3, 0.4) is 0 Å². The number of nitrogens with one attached hydrogen (secondary N) is 2. The fourth-order valence-corrected chi connectivity index (χ4v) is 1.69. The second kappa shape index (κ2) is 5.92. The zero-order valence-electron chi connectivity index (χ0n) is 11.3. The highest BCUT2D eigenvalue weighted by atomic mass is 19.4. The second-order valence-electron chi connectivity index (χ2n) is 4.31. The van der Waals surface area contributed by atoms with E-state index in [1.807, 2.05) is 0 Å². The maximum absolute atomic E-state index is 12.4. The third-order valence-electron chi connectivity index (χ3n) is 2.81. The SMILES string of the molecule is COc1c[nH]c(C(=O)Nc2ccc(C(F)(F)F)cc2)cc1=O. The number of alkyl halides is 3. The van der Waals surface area contributed by atoms with Crippen LogP contribution in [0.4, 0.5) is 18.9 Å². The normalized spacial score (nSPS) is 11.1. The molecule has 1 aromatic carbocycles. The van der Waals surface area contributed by atoms with Crippen LogP contribution in [0.1, 0.15) is 16.1 Å². The first-order chi connectivity index (χ1) is 10.3. The Hall–Kier alpha value is -2.77. The number of anilines is 1. The molecule has 8 heteroatoms. The molecule has 0 aliphatic carbocycles. The fraction of sp³-hybridized carbons (Fsp3) is 0.143. The van der Waals surface area contributed by atoms with E-state index in [9.17, 15) is 22.8 Å². The maximum atomic E-state index is 12.4. The van der Waals surface area contributed by atoms with Gasteiger partial charge in [0.25, 0.3) is 5.91 Å². The number of H-pyrrole nitrogens is 1. The first kappa shape index (κ1) is 15.6. The number of hydrogen-bond donors (Lipinski definition) is 2. The minimum Gasteiger partial charge on any atom is -0.491 e. The number of aromatic nitrogens is 1. The van der Waals surface area contributed by atoms with Crippen LogP contribution in [0.5, 0.6) is 5.75 Å². The molecule has 0 aliphatic heterocycles. The predicted octanol–water partition coefficient (Wildman–Crippen LogP) is 2.65. The molecule has 0 unspecified atom stereocenters. The van der Waals surface area contributed by atoms with Crippen molar-refractivity contribution in [1.82, 2.24) is 4.98 Å². The van der Waals surface area contributed by atoms with Crippen molar-refractivity contribution in [1.29, 1.82) is 0 Å². The van der Waals surface area contributed by atoms with Crippen LogP contribution < -0.4 is 15.5 Å². The van der Waals surface area contributed by atoms with E-state index in [1.165, 1.54) is 13.3 Å². The van der Waals surface area contributed by atoms with Crippen molar-refractivity contribution in [3.05, 3.63) is 58.0 Å². The Morgan fingerprint density at radius 2 is 1.86 bits per heavy atom. The first-order valence-electron chi connectivity index (χ1n) is 6.06. The van der Waals surface area contributed by atoms with E-state index in [-0.39, 0.29) is 17.1 Å². The van der Waals surface area contributed by atoms with Gasteiger partial charge >= 0.3 is 6.18 Å². The summed E-state index contributed by atoms with van der Waals surface area (Å²) < 4.78 is 42.0. The number of ether oxygens (including phenoxy) is 1. The van der Waals surface area contributed by atoms with Gasteiger partial charge in [0.1, 0.15) is 5.69 Å². The number of rotatable bonds is 3. The zero-order chi connectivity index (χ0) is 16.3. The maximum Gasteiger partial charge on any atom is 0.416 e. The van der Waals surface area contributed by atoms with Crippen molar-refractivity contribution in [3.8, 4) is 5.75 Å². The van der Waals surface area contributed by atoms with Crippen LogP contribution in [0.2, 0.25) is 0 Å². The number of carbonyl (C=O) groups excluding carboxylic acids is 1. The topological polar surface area (TPSA) is 71.2 Å². The molecule has 0 atom stereocenters. The second-order valence-corrected chi connectivity index (χ2v) is 4.31. The third-order valence-corrected chi connectivity index (χ3v) is 2.81. The standard InChI is InChI=1S/C14H11F3N2O3/c1-22-12-7-18-10(6-11(12)20)13(21)19-9-4-2-8(3-5-9)14(15,16)17/h2-7H,1H3,(H,18,20)(H,19,21). The highest BCUT2D eigenvalue weighted by Gasteiger charge is 2.30. The minimum absolute atomic E-state index is 0.0364. The lowest BCUT2D eigenvalue weighted by Gasteiger charge is -2.09. The Kier molecular flexibility index (Phi) is 4.20. The number of amides is 1. The van der Waals surface area contributed by atoms with Gasteiger partial charge in [-0.3, -0.25) is 9.59 Å². The lowest BCUT2D eigenvalue weighted by Crippen LogP contribution is -2.17. The average Bonchev–Trinajstić information content (AvgIpc) is 2.46. The lowest BCUT2D eigenvalue weighted by atomic mass is 10.2. The number of methoxy groups -OCH3 is 1. The van der Waals surface area contributed by atoms with E-state index in [0.717, 1.165) is 30.3 Å². The van der Waals surface area contributed by atoms with Crippen molar-refractivity contribution in [3.63, 3.8) is 0 Å². The summed E-state index contributed by atoms with van der Waals surface area (Å²) in [6.45, 7) is 0. The van der Waals surface area contributed by atoms with Gasteiger partial charge in [0.05, 0.1) is 12.7 Å². The highest BCUT2D eigenvalue weighted by Crippen LogP contribution is 2.29. The Bertz CT molecular complexity index is 736. The van der Waals surface area contributed by atoms with Gasteiger partial charge in [0.2, 0.25) is 5.43 Å². The Balaban J connectivity index is 2.15. The van der Waals surface area contributed by atoms with E-state index >= 15 is 0 Å². The number of carbonyl (C=O) groups is 1. The summed E-state index contributed by atoms with van der Waals surface area (Å²) in [5, 5.41) is 2.38. The van der Waals surface area contributed by atoms with Crippen LogP contribution >= 0.6 is 0 Å². The van der Waals surface area contributed by atoms with E-state index in [0.29, 0.717) is 0 Å². The molecule has 0 radical (unpaired) electrons. The van der Waals surface area contributed by atoms with Gasteiger partial charge in [0.15, 0.2) is 5.75 Å². The average molecular weight is 312 g/mol. The molecular weight excluding hydrogens is 301 g/mol. The number of aromatic amines is 1. The van der Waals surface area contributed by atoms with Crippen LogP contribution in [0.15, 0.2) is 41.3 Å². The van der Waals surface area contributed by atoms with Crippen molar-refractivity contribution in [2.24, 2.45) is 0 Å². The molecule has 2 aromatic rings. The Labute approximate surface area is 122 Å². The molecule has 22 heavy (non-hydrogen) atoms. The van der Waals surface area contributed by atoms with Gasteiger partial charge in [-0.1, -0.05) is 0 Å². The van der Waals surface area contributed by atoms with E-state index in [4.69, 9.17) is 4.74 Å². The van der Waals surface area contributed by atoms with Gasteiger partial charge < -0.3 is 15.0 Å². The van der Waals surface area contributed by atoms with Crippen molar-refractivity contribution in [2.45, 2.75) is 6.18 Å². The van der Waals surface area contributed by atoms with Crippen molar-refractivity contribution in [2.75, 3.05) is 12.4 Å². The van der Waals surface area contributed by atoms with E-state index in [1.54, 1.807) is 0 Å². The summed E-state index contributed by atoms with van der Waals surface area (Å²) in [6, 6.07) is 5.00. The van der Waals surface area contributed by atoms with E-state index in [2.05, 4.69) is 10.3 Å². The third kappa shape index (κ3) is 3.46. The quantitative estimate of drug-likeness (QED) is 0.915. The van der Waals surface area contributed by atoms with E-state index < -0.39 is 23.1 Å². The molecule has 2 N–H and O–H groups in total. The van der Waals surface area contributed by atoms with Crippen LogP contribution in [0, 0.1) is 0 Å². The molecule has 0 spiro atoms. The molecular formula is C14H11F3N2O3. The van der Waals surface area contributed by atoms with Gasteiger partial charge in [0, 0.05) is 18.0 Å². The number of hydrogen-bond acceptors (Lipinski definition) is 3. The molecule has 0 bridgehead atoms. The van der Waals surface area contributed by atoms with Crippen molar-refractivity contribution >= 4 is 11.6 Å². The predicted molar refractivity (Wildman–Crippen MR) is 73.0 cm³/mol. The molecule has 1 amide bonds. The summed E-state index contributed by atoms with van der Waals surface area (Å²) >= 11 is 0. The molecule has 5 nitrogen and oxygen atoms in total. The molecule has 1 heterocycles. The molecule has 0 saturated carbocycles. The van der Waals surface area contributed by atoms with Gasteiger partial charge in [-0.15, -0.1) is 0 Å². The highest BCUT2D eigenvalue weighted by molar-refractivity contribution is 6.02. The molecule has 0 aliphatic rings.